The number of rotatable bonds is 8. The quantitative estimate of drug-likeness (QED) is 0.483. The molecule has 11 heteroatoms. The molecule has 2 N–H and O–H groups in total. The van der Waals surface area contributed by atoms with E-state index in [0.29, 0.717) is 0 Å². The maximum atomic E-state index is 12.8. The van der Waals surface area contributed by atoms with Crippen molar-refractivity contribution in [3.8, 4) is 0 Å². The van der Waals surface area contributed by atoms with Gasteiger partial charge in [0.1, 0.15) is 6.54 Å². The SMILES string of the molecule is CS(=O)(=O)N(CC(=O)Nc1ccccc1C(=O)NCc1cccnc1)c1cc(Cl)ccc1Cl. The number of nitrogens with one attached hydrogen (secondary N) is 2. The van der Waals surface area contributed by atoms with Crippen LogP contribution in [-0.4, -0.2) is 38.0 Å². The molecule has 3 rings (SSSR count). The summed E-state index contributed by atoms with van der Waals surface area (Å²) in [7, 11) is -3.87. The minimum Gasteiger partial charge on any atom is -0.348 e. The molecule has 8 nitrogen and oxygen atoms in total. The number of aromatic nitrogens is 1. The number of anilines is 2. The topological polar surface area (TPSA) is 108 Å². The van der Waals surface area contributed by atoms with Gasteiger partial charge in [-0.15, -0.1) is 0 Å². The maximum absolute atomic E-state index is 12.8. The maximum Gasteiger partial charge on any atom is 0.253 e. The zero-order valence-corrected chi connectivity index (χ0v) is 19.8. The molecule has 0 aliphatic rings. The van der Waals surface area contributed by atoms with Gasteiger partial charge in [0.2, 0.25) is 15.9 Å². The molecular formula is C22H20Cl2N4O4S. The summed E-state index contributed by atoms with van der Waals surface area (Å²) >= 11 is 12.1. The van der Waals surface area contributed by atoms with Crippen LogP contribution in [0.3, 0.4) is 0 Å². The van der Waals surface area contributed by atoms with E-state index in [1.54, 1.807) is 42.7 Å². The summed E-state index contributed by atoms with van der Waals surface area (Å²) in [5.41, 5.74) is 1.34. The third kappa shape index (κ3) is 6.67. The molecule has 172 valence electrons. The Hall–Kier alpha value is -3.14. The highest BCUT2D eigenvalue weighted by Crippen LogP contribution is 2.30. The summed E-state index contributed by atoms with van der Waals surface area (Å²) in [6, 6.07) is 14.3. The van der Waals surface area contributed by atoms with Crippen molar-refractivity contribution < 1.29 is 18.0 Å². The Kier molecular flexibility index (Phi) is 7.91. The largest absolute Gasteiger partial charge is 0.348 e. The average molecular weight is 507 g/mol. The van der Waals surface area contributed by atoms with Gasteiger partial charge >= 0.3 is 0 Å². The van der Waals surface area contributed by atoms with Crippen molar-refractivity contribution in [1.82, 2.24) is 10.3 Å². The lowest BCUT2D eigenvalue weighted by molar-refractivity contribution is -0.114. The predicted octanol–water partition coefficient (Wildman–Crippen LogP) is 3.72. The number of para-hydroxylation sites is 1. The molecule has 0 aliphatic carbocycles. The molecule has 0 aliphatic heterocycles. The van der Waals surface area contributed by atoms with Gasteiger partial charge in [0.25, 0.3) is 5.91 Å². The lowest BCUT2D eigenvalue weighted by atomic mass is 10.1. The van der Waals surface area contributed by atoms with Crippen molar-refractivity contribution in [2.24, 2.45) is 0 Å². The van der Waals surface area contributed by atoms with Crippen LogP contribution < -0.4 is 14.9 Å². The molecule has 2 amide bonds. The van der Waals surface area contributed by atoms with Crippen molar-refractivity contribution in [2.45, 2.75) is 6.54 Å². The number of pyridine rings is 1. The molecule has 0 unspecified atom stereocenters. The smallest absolute Gasteiger partial charge is 0.253 e. The van der Waals surface area contributed by atoms with Crippen molar-refractivity contribution >= 4 is 56.4 Å². The van der Waals surface area contributed by atoms with E-state index in [1.807, 2.05) is 6.07 Å². The van der Waals surface area contributed by atoms with Crippen molar-refractivity contribution in [3.05, 3.63) is 88.2 Å². The molecule has 0 fully saturated rings. The van der Waals surface area contributed by atoms with Crippen LogP contribution in [0.25, 0.3) is 0 Å². The number of hydrogen-bond acceptors (Lipinski definition) is 5. The highest BCUT2D eigenvalue weighted by atomic mass is 35.5. The lowest BCUT2D eigenvalue weighted by Crippen LogP contribution is -2.38. The Labute approximate surface area is 201 Å². The number of benzene rings is 2. The van der Waals surface area contributed by atoms with E-state index >= 15 is 0 Å². The van der Waals surface area contributed by atoms with E-state index < -0.39 is 28.4 Å². The second-order valence-corrected chi connectivity index (χ2v) is 9.75. The number of amides is 2. The molecule has 1 heterocycles. The van der Waals surface area contributed by atoms with Gasteiger partial charge in [0.05, 0.1) is 28.2 Å². The molecule has 33 heavy (non-hydrogen) atoms. The van der Waals surface area contributed by atoms with Gasteiger partial charge in [-0.3, -0.25) is 18.9 Å². The highest BCUT2D eigenvalue weighted by Gasteiger charge is 2.24. The molecule has 2 aromatic carbocycles. The standard InChI is InChI=1S/C22H20Cl2N4O4S/c1-33(31,32)28(20-11-16(23)8-9-18(20)24)14-21(29)27-19-7-3-2-6-17(19)22(30)26-13-15-5-4-10-25-12-15/h2-12H,13-14H2,1H3,(H,26,30)(H,27,29). The van der Waals surface area contributed by atoms with Gasteiger partial charge in [-0.25, -0.2) is 8.42 Å². The third-order valence-corrected chi connectivity index (χ3v) is 6.17. The van der Waals surface area contributed by atoms with Gasteiger partial charge in [0, 0.05) is 24.0 Å². The van der Waals surface area contributed by atoms with Gasteiger partial charge < -0.3 is 10.6 Å². The number of nitrogens with zero attached hydrogens (tertiary/aromatic N) is 2. The van der Waals surface area contributed by atoms with E-state index in [4.69, 9.17) is 23.2 Å². The van der Waals surface area contributed by atoms with Crippen LogP contribution in [-0.2, 0) is 21.4 Å². The van der Waals surface area contributed by atoms with Crippen molar-refractivity contribution in [3.63, 3.8) is 0 Å². The Morgan fingerprint density at radius 3 is 2.52 bits per heavy atom. The first-order valence-electron chi connectivity index (χ1n) is 9.64. The second kappa shape index (κ2) is 10.7. The Balaban J connectivity index is 1.77. The monoisotopic (exact) mass is 506 g/mol. The Bertz CT molecular complexity index is 1270. The van der Waals surface area contributed by atoms with E-state index in [9.17, 15) is 18.0 Å². The van der Waals surface area contributed by atoms with Crippen LogP contribution in [0.2, 0.25) is 10.0 Å². The van der Waals surface area contributed by atoms with Crippen molar-refractivity contribution in [1.29, 1.82) is 0 Å². The summed E-state index contributed by atoms with van der Waals surface area (Å²) in [6.45, 7) is -0.311. The summed E-state index contributed by atoms with van der Waals surface area (Å²) in [6.07, 6.45) is 4.22. The highest BCUT2D eigenvalue weighted by molar-refractivity contribution is 7.92. The third-order valence-electron chi connectivity index (χ3n) is 4.49. The van der Waals surface area contributed by atoms with E-state index in [0.717, 1.165) is 16.1 Å². The van der Waals surface area contributed by atoms with E-state index in [-0.39, 0.29) is 33.5 Å². The first-order valence-corrected chi connectivity index (χ1v) is 12.2. The molecule has 0 bridgehead atoms. The molecule has 1 aromatic heterocycles. The van der Waals surface area contributed by atoms with Crippen LogP contribution in [0.15, 0.2) is 67.0 Å². The Morgan fingerprint density at radius 1 is 1.06 bits per heavy atom. The fourth-order valence-corrected chi connectivity index (χ4v) is 4.24. The van der Waals surface area contributed by atoms with Crippen LogP contribution in [0, 0.1) is 0 Å². The summed E-state index contributed by atoms with van der Waals surface area (Å²) in [5, 5.41) is 5.75. The first-order chi connectivity index (χ1) is 15.6. The molecule has 0 radical (unpaired) electrons. The molecule has 0 spiro atoms. The van der Waals surface area contributed by atoms with Crippen LogP contribution in [0.1, 0.15) is 15.9 Å². The number of halogens is 2. The van der Waals surface area contributed by atoms with E-state index in [1.165, 1.54) is 18.2 Å². The summed E-state index contributed by atoms with van der Waals surface area (Å²) < 4.78 is 25.6. The molecule has 3 aromatic rings. The summed E-state index contributed by atoms with van der Waals surface area (Å²) in [4.78, 5) is 29.4. The van der Waals surface area contributed by atoms with Crippen LogP contribution >= 0.6 is 23.2 Å². The number of carbonyl (C=O) groups is 2. The Morgan fingerprint density at radius 2 is 1.82 bits per heavy atom. The summed E-state index contributed by atoms with van der Waals surface area (Å²) in [5.74, 6) is -1.07. The first kappa shape index (κ1) is 24.5. The van der Waals surface area contributed by atoms with Gasteiger partial charge in [-0.05, 0) is 42.0 Å². The number of carbonyl (C=O) groups excluding carboxylic acids is 2. The van der Waals surface area contributed by atoms with Crippen LogP contribution in [0.4, 0.5) is 11.4 Å². The minimum absolute atomic E-state index is 0.0734. The van der Waals surface area contributed by atoms with Crippen molar-refractivity contribution in [2.75, 3.05) is 22.4 Å². The molecule has 0 saturated heterocycles. The minimum atomic E-state index is -3.87. The van der Waals surface area contributed by atoms with Gasteiger partial charge in [-0.1, -0.05) is 41.4 Å². The molecular weight excluding hydrogens is 487 g/mol. The normalized spacial score (nSPS) is 11.0. The van der Waals surface area contributed by atoms with Crippen LogP contribution in [0.5, 0.6) is 0 Å². The number of sulfonamides is 1. The fraction of sp³-hybridized carbons (Fsp3) is 0.136. The second-order valence-electron chi connectivity index (χ2n) is 7.00. The molecule has 0 saturated carbocycles. The number of hydrogen-bond donors (Lipinski definition) is 2. The van der Waals surface area contributed by atoms with E-state index in [2.05, 4.69) is 15.6 Å². The molecule has 0 atom stereocenters. The van der Waals surface area contributed by atoms with Gasteiger partial charge in [-0.2, -0.15) is 0 Å². The fourth-order valence-electron chi connectivity index (χ4n) is 2.95. The average Bonchev–Trinajstić information content (AvgIpc) is 2.78. The lowest BCUT2D eigenvalue weighted by Gasteiger charge is -2.23. The zero-order chi connectivity index (χ0) is 24.0. The predicted molar refractivity (Wildman–Crippen MR) is 129 cm³/mol. The zero-order valence-electron chi connectivity index (χ0n) is 17.5. The van der Waals surface area contributed by atoms with Gasteiger partial charge in [0.15, 0.2) is 0 Å².